The van der Waals surface area contributed by atoms with Gasteiger partial charge in [-0.2, -0.15) is 0 Å². The highest BCUT2D eigenvalue weighted by molar-refractivity contribution is 6.04. The molecule has 0 unspecified atom stereocenters. The van der Waals surface area contributed by atoms with Crippen molar-refractivity contribution >= 4 is 17.5 Å². The minimum atomic E-state index is -0.258. The summed E-state index contributed by atoms with van der Waals surface area (Å²) >= 11 is 0. The van der Waals surface area contributed by atoms with Gasteiger partial charge in [-0.25, -0.2) is 9.97 Å². The standard InChI is InChI=1S/C23H26N4O2/c1-14-10-15(2)21(16(3)11-14)27-22(28)19-12-17(4)25-23(26-19)24-13-18-8-6-7-9-20(18)29-5/h6-12H,13H2,1-5H3,(H,27,28)(H,24,25,26). The molecule has 3 aromatic rings. The van der Waals surface area contributed by atoms with Crippen LogP contribution in [-0.2, 0) is 6.54 Å². The number of anilines is 2. The van der Waals surface area contributed by atoms with Crippen molar-refractivity contribution in [3.8, 4) is 5.75 Å². The molecule has 1 aromatic heterocycles. The number of aromatic nitrogens is 2. The number of hydrogen-bond donors (Lipinski definition) is 2. The molecule has 6 nitrogen and oxygen atoms in total. The Kier molecular flexibility index (Phi) is 6.12. The molecular formula is C23H26N4O2. The minimum Gasteiger partial charge on any atom is -0.496 e. The lowest BCUT2D eigenvalue weighted by molar-refractivity contribution is 0.102. The van der Waals surface area contributed by atoms with Gasteiger partial charge < -0.3 is 15.4 Å². The number of para-hydroxylation sites is 1. The highest BCUT2D eigenvalue weighted by Gasteiger charge is 2.14. The zero-order valence-corrected chi connectivity index (χ0v) is 17.5. The molecule has 0 fully saturated rings. The van der Waals surface area contributed by atoms with E-state index in [9.17, 15) is 4.79 Å². The molecule has 2 aromatic carbocycles. The van der Waals surface area contributed by atoms with Crippen molar-refractivity contribution in [1.82, 2.24) is 9.97 Å². The highest BCUT2D eigenvalue weighted by atomic mass is 16.5. The van der Waals surface area contributed by atoms with Gasteiger partial charge in [0.2, 0.25) is 5.95 Å². The van der Waals surface area contributed by atoms with E-state index in [-0.39, 0.29) is 5.91 Å². The van der Waals surface area contributed by atoms with Gasteiger partial charge in [0.15, 0.2) is 0 Å². The number of amides is 1. The summed E-state index contributed by atoms with van der Waals surface area (Å²) in [4.78, 5) is 21.6. The van der Waals surface area contributed by atoms with E-state index in [0.29, 0.717) is 23.9 Å². The van der Waals surface area contributed by atoms with Crippen molar-refractivity contribution in [3.05, 3.63) is 76.1 Å². The number of carbonyl (C=O) groups excluding carboxylic acids is 1. The first-order valence-corrected chi connectivity index (χ1v) is 9.48. The molecule has 0 bridgehead atoms. The fraction of sp³-hybridized carbons (Fsp3) is 0.261. The lowest BCUT2D eigenvalue weighted by Crippen LogP contribution is -2.17. The maximum absolute atomic E-state index is 12.8. The fourth-order valence-corrected chi connectivity index (χ4v) is 3.34. The average Bonchev–Trinajstić information content (AvgIpc) is 2.68. The van der Waals surface area contributed by atoms with Crippen LogP contribution in [-0.4, -0.2) is 23.0 Å². The predicted octanol–water partition coefficient (Wildman–Crippen LogP) is 4.58. The molecule has 0 saturated heterocycles. The van der Waals surface area contributed by atoms with Crippen LogP contribution in [0.25, 0.3) is 0 Å². The van der Waals surface area contributed by atoms with Crippen LogP contribution < -0.4 is 15.4 Å². The zero-order valence-electron chi connectivity index (χ0n) is 17.5. The molecule has 150 valence electrons. The van der Waals surface area contributed by atoms with E-state index in [1.807, 2.05) is 64.1 Å². The Morgan fingerprint density at radius 1 is 1.00 bits per heavy atom. The number of ether oxygens (including phenoxy) is 1. The van der Waals surface area contributed by atoms with Crippen molar-refractivity contribution in [1.29, 1.82) is 0 Å². The number of methoxy groups -OCH3 is 1. The molecule has 29 heavy (non-hydrogen) atoms. The van der Waals surface area contributed by atoms with E-state index in [1.54, 1.807) is 13.2 Å². The summed E-state index contributed by atoms with van der Waals surface area (Å²) in [5.74, 6) is 0.931. The van der Waals surface area contributed by atoms with Gasteiger partial charge in [0.25, 0.3) is 5.91 Å². The van der Waals surface area contributed by atoms with E-state index < -0.39 is 0 Å². The Balaban J connectivity index is 1.79. The lowest BCUT2D eigenvalue weighted by atomic mass is 10.0. The number of aryl methyl sites for hydroxylation is 4. The molecule has 0 aliphatic heterocycles. The van der Waals surface area contributed by atoms with Gasteiger partial charge in [0.1, 0.15) is 11.4 Å². The van der Waals surface area contributed by atoms with Gasteiger partial charge in [0.05, 0.1) is 7.11 Å². The summed E-state index contributed by atoms with van der Waals surface area (Å²) in [5.41, 5.74) is 6.05. The number of nitrogens with one attached hydrogen (secondary N) is 2. The molecule has 2 N–H and O–H groups in total. The van der Waals surface area contributed by atoms with E-state index in [0.717, 1.165) is 28.1 Å². The van der Waals surface area contributed by atoms with E-state index >= 15 is 0 Å². The lowest BCUT2D eigenvalue weighted by Gasteiger charge is -2.14. The monoisotopic (exact) mass is 390 g/mol. The predicted molar refractivity (Wildman–Crippen MR) is 116 cm³/mol. The zero-order chi connectivity index (χ0) is 21.0. The maximum atomic E-state index is 12.8. The van der Waals surface area contributed by atoms with Crippen LogP contribution in [0, 0.1) is 27.7 Å². The minimum absolute atomic E-state index is 0.258. The van der Waals surface area contributed by atoms with Gasteiger partial charge in [-0.05, 0) is 51.0 Å². The van der Waals surface area contributed by atoms with Gasteiger partial charge in [-0.3, -0.25) is 4.79 Å². The number of nitrogens with zero attached hydrogens (tertiary/aromatic N) is 2. The van der Waals surface area contributed by atoms with Gasteiger partial charge in [-0.1, -0.05) is 35.9 Å². The third kappa shape index (κ3) is 4.90. The van der Waals surface area contributed by atoms with Gasteiger partial charge >= 0.3 is 0 Å². The van der Waals surface area contributed by atoms with Crippen molar-refractivity contribution < 1.29 is 9.53 Å². The SMILES string of the molecule is COc1ccccc1CNc1nc(C)cc(C(=O)Nc2c(C)cc(C)cc2C)n1. The van der Waals surface area contributed by atoms with Crippen LogP contribution >= 0.6 is 0 Å². The Bertz CT molecular complexity index is 1020. The normalized spacial score (nSPS) is 10.5. The third-order valence-electron chi connectivity index (χ3n) is 4.63. The first-order valence-electron chi connectivity index (χ1n) is 9.48. The Hall–Kier alpha value is -3.41. The number of hydrogen-bond acceptors (Lipinski definition) is 5. The first-order chi connectivity index (χ1) is 13.9. The van der Waals surface area contributed by atoms with E-state index in [1.165, 1.54) is 5.56 Å². The van der Waals surface area contributed by atoms with E-state index in [2.05, 4.69) is 20.6 Å². The second kappa shape index (κ2) is 8.73. The summed E-state index contributed by atoms with van der Waals surface area (Å²) < 4.78 is 5.37. The Morgan fingerprint density at radius 3 is 2.38 bits per heavy atom. The summed E-state index contributed by atoms with van der Waals surface area (Å²) in [6.45, 7) is 8.35. The second-order valence-corrected chi connectivity index (χ2v) is 7.11. The van der Waals surface area contributed by atoms with Gasteiger partial charge in [0, 0.05) is 23.5 Å². The Morgan fingerprint density at radius 2 is 1.69 bits per heavy atom. The molecule has 3 rings (SSSR count). The topological polar surface area (TPSA) is 76.1 Å². The largest absolute Gasteiger partial charge is 0.496 e. The quantitative estimate of drug-likeness (QED) is 0.644. The van der Waals surface area contributed by atoms with Crippen molar-refractivity contribution in [2.24, 2.45) is 0 Å². The molecule has 0 saturated carbocycles. The van der Waals surface area contributed by atoms with Crippen LogP contribution in [0.2, 0.25) is 0 Å². The smallest absolute Gasteiger partial charge is 0.274 e. The van der Waals surface area contributed by atoms with Crippen LogP contribution in [0.4, 0.5) is 11.6 Å². The fourth-order valence-electron chi connectivity index (χ4n) is 3.34. The molecule has 6 heteroatoms. The second-order valence-electron chi connectivity index (χ2n) is 7.11. The Labute approximate surface area is 171 Å². The molecule has 0 aliphatic rings. The molecule has 0 aliphatic carbocycles. The van der Waals surface area contributed by atoms with Crippen LogP contribution in [0.1, 0.15) is 38.4 Å². The molecule has 0 spiro atoms. The first kappa shape index (κ1) is 20.3. The number of carbonyl (C=O) groups is 1. The summed E-state index contributed by atoms with van der Waals surface area (Å²) in [5, 5.41) is 6.18. The average molecular weight is 390 g/mol. The maximum Gasteiger partial charge on any atom is 0.274 e. The van der Waals surface area contributed by atoms with Crippen LogP contribution in [0.15, 0.2) is 42.5 Å². The molecule has 0 radical (unpaired) electrons. The molecule has 0 atom stereocenters. The highest BCUT2D eigenvalue weighted by Crippen LogP contribution is 2.23. The molecule has 1 amide bonds. The van der Waals surface area contributed by atoms with Crippen LogP contribution in [0.5, 0.6) is 5.75 Å². The molecule has 1 heterocycles. The summed E-state index contributed by atoms with van der Waals surface area (Å²) in [6.07, 6.45) is 0. The van der Waals surface area contributed by atoms with E-state index in [4.69, 9.17) is 4.74 Å². The molecular weight excluding hydrogens is 364 g/mol. The number of benzene rings is 2. The van der Waals surface area contributed by atoms with Crippen molar-refractivity contribution in [3.63, 3.8) is 0 Å². The number of rotatable bonds is 6. The van der Waals surface area contributed by atoms with Crippen molar-refractivity contribution in [2.45, 2.75) is 34.2 Å². The van der Waals surface area contributed by atoms with Crippen molar-refractivity contribution in [2.75, 3.05) is 17.7 Å². The third-order valence-corrected chi connectivity index (χ3v) is 4.63. The summed E-state index contributed by atoms with van der Waals surface area (Å²) in [6, 6.07) is 13.5. The van der Waals surface area contributed by atoms with Gasteiger partial charge in [-0.15, -0.1) is 0 Å². The summed E-state index contributed by atoms with van der Waals surface area (Å²) in [7, 11) is 1.64. The van der Waals surface area contributed by atoms with Crippen LogP contribution in [0.3, 0.4) is 0 Å².